The Morgan fingerprint density at radius 3 is 0.916 bits per heavy atom. The van der Waals surface area contributed by atoms with Gasteiger partial charge in [0.2, 0.25) is 5.91 Å². The number of phosphoric ester groups is 1. The maximum Gasteiger partial charge on any atom is 0.268 e. The molecule has 0 aliphatic rings. The lowest BCUT2D eigenvalue weighted by atomic mass is 10.0. The van der Waals surface area contributed by atoms with Gasteiger partial charge in [0, 0.05) is 6.42 Å². The first-order chi connectivity index (χ1) is 46.5. The van der Waals surface area contributed by atoms with E-state index < -0.39 is 26.6 Å². The minimum Gasteiger partial charge on any atom is -0.756 e. The number of allylic oxidation sites excluding steroid dienone is 9. The minimum absolute atomic E-state index is 0.00801. The molecule has 2 N–H and O–H groups in total. The number of hydrogen-bond donors (Lipinski definition) is 2. The molecule has 560 valence electrons. The van der Waals surface area contributed by atoms with Gasteiger partial charge in [0.05, 0.1) is 39.9 Å². The second-order valence-corrected chi connectivity index (χ2v) is 31.6. The Morgan fingerprint density at radius 2 is 0.621 bits per heavy atom. The number of nitrogens with one attached hydrogen (secondary N) is 1. The number of aliphatic hydroxyl groups is 1. The van der Waals surface area contributed by atoms with Gasteiger partial charge in [-0.25, -0.2) is 0 Å². The molecule has 0 spiro atoms. The predicted molar refractivity (Wildman–Crippen MR) is 418 cm³/mol. The van der Waals surface area contributed by atoms with E-state index in [2.05, 4.69) is 67.8 Å². The third-order valence-corrected chi connectivity index (χ3v) is 20.4. The first kappa shape index (κ1) is 93.2. The van der Waals surface area contributed by atoms with Crippen molar-refractivity contribution in [3.8, 4) is 0 Å². The number of likely N-dealkylation sites (N-methyl/N-ethyl adjacent to an activating group) is 1. The molecule has 0 saturated carbocycles. The van der Waals surface area contributed by atoms with Crippen LogP contribution >= 0.6 is 7.82 Å². The molecule has 0 aromatic rings. The van der Waals surface area contributed by atoms with E-state index in [1.165, 1.54) is 360 Å². The number of phosphoric acid groups is 1. The molecule has 95 heavy (non-hydrogen) atoms. The zero-order chi connectivity index (χ0) is 69.0. The summed E-state index contributed by atoms with van der Waals surface area (Å²) >= 11 is 0. The van der Waals surface area contributed by atoms with Crippen molar-refractivity contribution >= 4 is 13.7 Å². The van der Waals surface area contributed by atoms with E-state index in [4.69, 9.17) is 9.05 Å². The van der Waals surface area contributed by atoms with E-state index in [0.29, 0.717) is 17.4 Å². The van der Waals surface area contributed by atoms with E-state index in [0.717, 1.165) is 51.4 Å². The lowest BCUT2D eigenvalue weighted by molar-refractivity contribution is -0.870. The molecule has 0 aromatic heterocycles. The molecular formula is C86H165N2O6P. The van der Waals surface area contributed by atoms with E-state index >= 15 is 0 Å². The zero-order valence-electron chi connectivity index (χ0n) is 64.4. The van der Waals surface area contributed by atoms with Gasteiger partial charge in [-0.2, -0.15) is 0 Å². The first-order valence-electron chi connectivity index (χ1n) is 42.2. The van der Waals surface area contributed by atoms with Gasteiger partial charge in [-0.05, 0) is 77.0 Å². The van der Waals surface area contributed by atoms with Crippen molar-refractivity contribution in [2.45, 2.75) is 443 Å². The molecule has 0 aliphatic carbocycles. The average Bonchev–Trinajstić information content (AvgIpc) is 2.01. The number of nitrogens with zero attached hydrogens (tertiary/aromatic N) is 1. The summed E-state index contributed by atoms with van der Waals surface area (Å²) in [6.07, 6.45) is 107. The number of quaternary nitrogens is 1. The van der Waals surface area contributed by atoms with Crippen molar-refractivity contribution in [2.24, 2.45) is 0 Å². The highest BCUT2D eigenvalue weighted by atomic mass is 31.2. The van der Waals surface area contributed by atoms with Crippen molar-refractivity contribution in [1.82, 2.24) is 5.32 Å². The van der Waals surface area contributed by atoms with Gasteiger partial charge in [0.15, 0.2) is 0 Å². The highest BCUT2D eigenvalue weighted by molar-refractivity contribution is 7.45. The monoisotopic (exact) mass is 1350 g/mol. The van der Waals surface area contributed by atoms with E-state index in [-0.39, 0.29) is 12.5 Å². The number of amides is 1. The maximum atomic E-state index is 13.1. The molecule has 3 unspecified atom stereocenters. The molecule has 0 heterocycles. The van der Waals surface area contributed by atoms with Crippen LogP contribution in [0.1, 0.15) is 431 Å². The van der Waals surface area contributed by atoms with Gasteiger partial charge in [-0.1, -0.05) is 408 Å². The molecule has 0 bridgehead atoms. The number of rotatable bonds is 79. The molecule has 3 atom stereocenters. The molecule has 0 rings (SSSR count). The first-order valence-corrected chi connectivity index (χ1v) is 43.6. The van der Waals surface area contributed by atoms with Gasteiger partial charge >= 0.3 is 0 Å². The number of unbranched alkanes of at least 4 members (excludes halogenated alkanes) is 58. The van der Waals surface area contributed by atoms with Crippen LogP contribution in [-0.2, 0) is 18.4 Å². The maximum absolute atomic E-state index is 13.1. The lowest BCUT2D eigenvalue weighted by Crippen LogP contribution is -2.45. The Labute approximate surface area is 593 Å². The number of aliphatic hydroxyl groups excluding tert-OH is 1. The Morgan fingerprint density at radius 1 is 0.368 bits per heavy atom. The molecule has 0 aliphatic heterocycles. The highest BCUT2D eigenvalue weighted by Gasteiger charge is 2.23. The zero-order valence-corrected chi connectivity index (χ0v) is 65.3. The Kier molecular flexibility index (Phi) is 74.9. The number of hydrogen-bond acceptors (Lipinski definition) is 6. The Bertz CT molecular complexity index is 1740. The van der Waals surface area contributed by atoms with Crippen molar-refractivity contribution < 1.29 is 32.9 Å². The van der Waals surface area contributed by atoms with Crippen LogP contribution in [-0.4, -0.2) is 68.5 Å². The summed E-state index contributed by atoms with van der Waals surface area (Å²) in [5.41, 5.74) is 0. The normalized spacial score (nSPS) is 13.7. The molecule has 0 fully saturated rings. The standard InChI is InChI=1S/C86H165N2O6P/c1-6-8-10-12-14-16-18-20-22-24-26-28-30-32-34-36-38-40-41-42-43-44-45-46-47-48-50-52-54-56-58-60-62-64-66-68-70-72-74-76-78-80-86(90)87-84(83-94-95(91,92)93-82-81-88(3,4)5)85(89)79-77-75-73-71-69-67-65-63-61-59-57-55-53-51-49-39-37-35-33-31-29-27-25-23-21-19-17-15-13-11-9-7-2/h18,20,24,26,61,63,69,71,77,79,84-85,89H,6-17,19,21-23,25,27-60,62,64-68,70,72-76,78,80-83H2,1-5H3,(H-,87,90,91,92)/b20-18-,26-24-,63-61+,71-69+,79-77+. The average molecular weight is 1350 g/mol. The van der Waals surface area contributed by atoms with Gasteiger partial charge < -0.3 is 28.8 Å². The second kappa shape index (κ2) is 76.4. The molecule has 9 heteroatoms. The fraction of sp³-hybridized carbons (Fsp3) is 0.872. The van der Waals surface area contributed by atoms with E-state index in [1.807, 2.05) is 27.2 Å². The minimum atomic E-state index is -4.62. The molecule has 0 radical (unpaired) electrons. The third-order valence-electron chi connectivity index (χ3n) is 19.4. The van der Waals surface area contributed by atoms with Crippen LogP contribution < -0.4 is 10.2 Å². The Balaban J connectivity index is 3.95. The summed E-state index contributed by atoms with van der Waals surface area (Å²) in [5.74, 6) is -0.203. The second-order valence-electron chi connectivity index (χ2n) is 30.2. The van der Waals surface area contributed by atoms with Crippen LogP contribution in [0.4, 0.5) is 0 Å². The molecular weight excluding hydrogens is 1190 g/mol. The van der Waals surface area contributed by atoms with Gasteiger partial charge in [-0.3, -0.25) is 9.36 Å². The fourth-order valence-corrected chi connectivity index (χ4v) is 13.7. The van der Waals surface area contributed by atoms with Crippen molar-refractivity contribution in [2.75, 3.05) is 40.9 Å². The molecule has 0 saturated heterocycles. The highest BCUT2D eigenvalue weighted by Crippen LogP contribution is 2.38. The van der Waals surface area contributed by atoms with Gasteiger partial charge in [-0.15, -0.1) is 0 Å². The topological polar surface area (TPSA) is 108 Å². The van der Waals surface area contributed by atoms with Crippen molar-refractivity contribution in [3.05, 3.63) is 60.8 Å². The van der Waals surface area contributed by atoms with Crippen molar-refractivity contribution in [1.29, 1.82) is 0 Å². The van der Waals surface area contributed by atoms with Crippen LogP contribution in [0.25, 0.3) is 0 Å². The summed E-state index contributed by atoms with van der Waals surface area (Å²) in [6, 6.07) is -0.912. The summed E-state index contributed by atoms with van der Waals surface area (Å²) in [6.45, 7) is 4.67. The summed E-state index contributed by atoms with van der Waals surface area (Å²) in [5, 5.41) is 14.0. The van der Waals surface area contributed by atoms with Crippen LogP contribution in [0.15, 0.2) is 60.8 Å². The number of carbonyl (C=O) groups excluding carboxylic acids is 1. The van der Waals surface area contributed by atoms with Crippen LogP contribution in [0.2, 0.25) is 0 Å². The molecule has 8 nitrogen and oxygen atoms in total. The van der Waals surface area contributed by atoms with Gasteiger partial charge in [0.1, 0.15) is 13.2 Å². The quantitative estimate of drug-likeness (QED) is 0.0272. The number of carbonyl (C=O) groups is 1. The van der Waals surface area contributed by atoms with E-state index in [1.54, 1.807) is 6.08 Å². The predicted octanol–water partition coefficient (Wildman–Crippen LogP) is 27.2. The van der Waals surface area contributed by atoms with Crippen LogP contribution in [0, 0.1) is 0 Å². The van der Waals surface area contributed by atoms with Crippen molar-refractivity contribution in [3.63, 3.8) is 0 Å². The Hall–Kier alpha value is -1.80. The van der Waals surface area contributed by atoms with Crippen LogP contribution in [0.3, 0.4) is 0 Å². The largest absolute Gasteiger partial charge is 0.756 e. The van der Waals surface area contributed by atoms with Crippen LogP contribution in [0.5, 0.6) is 0 Å². The summed E-state index contributed by atoms with van der Waals surface area (Å²) in [7, 11) is 1.25. The SMILES string of the molecule is CCCCCCC/C=C\C/C=C\CCCCCCCCCCCCCCCCCCCCCCCCCCCCCCCC(=O)NC(COP(=O)([O-])OCC[N+](C)(C)C)C(O)/C=C/CC/C=C/CC/C=C/CCCCCCCCCCCCCCCCCCCCCCCC. The molecule has 0 aromatic carbocycles. The fourth-order valence-electron chi connectivity index (χ4n) is 12.9. The smallest absolute Gasteiger partial charge is 0.268 e. The lowest BCUT2D eigenvalue weighted by Gasteiger charge is -2.29. The van der Waals surface area contributed by atoms with Gasteiger partial charge in [0.25, 0.3) is 7.82 Å². The summed E-state index contributed by atoms with van der Waals surface area (Å²) < 4.78 is 23.5. The molecule has 1 amide bonds. The van der Waals surface area contributed by atoms with E-state index in [9.17, 15) is 19.4 Å². The summed E-state index contributed by atoms with van der Waals surface area (Å²) in [4.78, 5) is 25.7. The third kappa shape index (κ3) is 79.4.